The number of benzene rings is 2. The zero-order valence-corrected chi connectivity index (χ0v) is 11.5. The molecule has 1 N–H and O–H groups in total. The van der Waals surface area contributed by atoms with Crippen LogP contribution in [0.15, 0.2) is 36.4 Å². The third-order valence-corrected chi connectivity index (χ3v) is 2.94. The van der Waals surface area contributed by atoms with Crippen LogP contribution in [0.1, 0.15) is 16.7 Å². The Kier molecular flexibility index (Phi) is 4.91. The molecule has 0 bridgehead atoms. The molecule has 0 atom stereocenters. The van der Waals surface area contributed by atoms with Crippen molar-refractivity contribution in [1.82, 2.24) is 0 Å². The highest BCUT2D eigenvalue weighted by Gasteiger charge is 2.04. The smallest absolute Gasteiger partial charge is 0.142 e. The van der Waals surface area contributed by atoms with Crippen LogP contribution in [0.3, 0.4) is 0 Å². The van der Waals surface area contributed by atoms with Gasteiger partial charge in [-0.25, -0.2) is 8.78 Å². The first-order valence-electron chi connectivity index (χ1n) is 6.37. The van der Waals surface area contributed by atoms with Crippen LogP contribution in [0.4, 0.5) is 8.78 Å². The van der Waals surface area contributed by atoms with Gasteiger partial charge >= 0.3 is 0 Å². The molecule has 0 amide bonds. The van der Waals surface area contributed by atoms with E-state index in [-0.39, 0.29) is 24.6 Å². The predicted molar refractivity (Wildman–Crippen MR) is 75.8 cm³/mol. The molecule has 108 valence electrons. The maximum Gasteiger partial charge on any atom is 0.142 e. The lowest BCUT2D eigenvalue weighted by Crippen LogP contribution is -1.99. The van der Waals surface area contributed by atoms with Crippen molar-refractivity contribution in [3.05, 3.63) is 64.7 Å². The van der Waals surface area contributed by atoms with E-state index >= 15 is 0 Å². The van der Waals surface area contributed by atoms with Crippen LogP contribution in [-0.2, 0) is 6.61 Å². The van der Waals surface area contributed by atoms with E-state index in [4.69, 9.17) is 9.84 Å². The second kappa shape index (κ2) is 6.87. The predicted octanol–water partition coefficient (Wildman–Crippen LogP) is 3.20. The Morgan fingerprint density at radius 1 is 1.14 bits per heavy atom. The minimum atomic E-state index is -0.510. The third kappa shape index (κ3) is 4.04. The third-order valence-electron chi connectivity index (χ3n) is 2.94. The molecule has 0 heterocycles. The van der Waals surface area contributed by atoms with Crippen molar-refractivity contribution >= 4 is 0 Å². The molecule has 2 nitrogen and oxygen atoms in total. The molecule has 2 aromatic rings. The highest BCUT2D eigenvalue weighted by atomic mass is 19.1. The maximum atomic E-state index is 13.7. The number of rotatable bonds is 3. The van der Waals surface area contributed by atoms with E-state index in [0.717, 1.165) is 11.1 Å². The molecule has 0 aliphatic carbocycles. The van der Waals surface area contributed by atoms with Gasteiger partial charge in [0.2, 0.25) is 0 Å². The van der Waals surface area contributed by atoms with Crippen molar-refractivity contribution in [1.29, 1.82) is 0 Å². The van der Waals surface area contributed by atoms with Gasteiger partial charge in [-0.3, -0.25) is 0 Å². The van der Waals surface area contributed by atoms with Gasteiger partial charge < -0.3 is 9.84 Å². The molecule has 0 saturated heterocycles. The summed E-state index contributed by atoms with van der Waals surface area (Å²) in [5.41, 5.74) is 1.82. The highest BCUT2D eigenvalue weighted by Crippen LogP contribution is 2.19. The molecule has 0 spiro atoms. The van der Waals surface area contributed by atoms with Gasteiger partial charge in [-0.15, -0.1) is 0 Å². The van der Waals surface area contributed by atoms with E-state index in [1.807, 2.05) is 0 Å². The lowest BCUT2D eigenvalue weighted by atomic mass is 10.1. The minimum absolute atomic E-state index is 0.203. The number of hydrogen-bond donors (Lipinski definition) is 1. The van der Waals surface area contributed by atoms with Gasteiger partial charge in [-0.05, 0) is 42.3 Å². The SMILES string of the molecule is Cc1cc(F)ccc1COc1ccc(C#CCO)c(F)c1. The van der Waals surface area contributed by atoms with Gasteiger partial charge in [0.05, 0.1) is 5.56 Å². The second-order valence-corrected chi connectivity index (χ2v) is 4.46. The largest absolute Gasteiger partial charge is 0.489 e. The van der Waals surface area contributed by atoms with Crippen LogP contribution in [0.25, 0.3) is 0 Å². The average Bonchev–Trinajstić information content (AvgIpc) is 2.45. The zero-order chi connectivity index (χ0) is 15.2. The quantitative estimate of drug-likeness (QED) is 0.879. The number of aryl methyl sites for hydroxylation is 1. The van der Waals surface area contributed by atoms with Crippen molar-refractivity contribution < 1.29 is 18.6 Å². The van der Waals surface area contributed by atoms with Crippen LogP contribution in [-0.4, -0.2) is 11.7 Å². The molecule has 21 heavy (non-hydrogen) atoms. The molecule has 0 fully saturated rings. The van der Waals surface area contributed by atoms with Crippen LogP contribution in [0.2, 0.25) is 0 Å². The number of hydrogen-bond acceptors (Lipinski definition) is 2. The number of aliphatic hydroxyl groups excluding tert-OH is 1. The Labute approximate surface area is 122 Å². The first-order chi connectivity index (χ1) is 10.1. The van der Waals surface area contributed by atoms with E-state index in [2.05, 4.69) is 11.8 Å². The van der Waals surface area contributed by atoms with Crippen molar-refractivity contribution in [2.75, 3.05) is 6.61 Å². The van der Waals surface area contributed by atoms with Gasteiger partial charge in [-0.1, -0.05) is 17.9 Å². The molecule has 0 aliphatic heterocycles. The fraction of sp³-hybridized carbons (Fsp3) is 0.176. The first kappa shape index (κ1) is 15.0. The monoisotopic (exact) mass is 288 g/mol. The molecule has 0 saturated carbocycles. The summed E-state index contributed by atoms with van der Waals surface area (Å²) in [4.78, 5) is 0. The maximum absolute atomic E-state index is 13.7. The second-order valence-electron chi connectivity index (χ2n) is 4.46. The summed E-state index contributed by atoms with van der Waals surface area (Å²) in [6.07, 6.45) is 0. The first-order valence-corrected chi connectivity index (χ1v) is 6.37. The Morgan fingerprint density at radius 3 is 2.62 bits per heavy atom. The molecule has 0 radical (unpaired) electrons. The van der Waals surface area contributed by atoms with Gasteiger partial charge in [0.25, 0.3) is 0 Å². The Balaban J connectivity index is 2.08. The molecular formula is C17H14F2O2. The van der Waals surface area contributed by atoms with Crippen molar-refractivity contribution in [3.63, 3.8) is 0 Å². The van der Waals surface area contributed by atoms with Crippen LogP contribution in [0, 0.1) is 30.4 Å². The summed E-state index contributed by atoms with van der Waals surface area (Å²) in [5.74, 6) is 4.45. The number of halogens is 2. The van der Waals surface area contributed by atoms with Crippen molar-refractivity contribution in [2.45, 2.75) is 13.5 Å². The highest BCUT2D eigenvalue weighted by molar-refractivity contribution is 5.40. The van der Waals surface area contributed by atoms with Gasteiger partial charge in [0.1, 0.15) is 30.6 Å². The van der Waals surface area contributed by atoms with Gasteiger partial charge in [0, 0.05) is 6.07 Å². The van der Waals surface area contributed by atoms with E-state index < -0.39 is 5.82 Å². The van der Waals surface area contributed by atoms with E-state index in [9.17, 15) is 8.78 Å². The van der Waals surface area contributed by atoms with E-state index in [0.29, 0.717) is 5.75 Å². The molecule has 0 aromatic heterocycles. The normalized spacial score (nSPS) is 9.90. The van der Waals surface area contributed by atoms with Crippen LogP contribution >= 0.6 is 0 Å². The lowest BCUT2D eigenvalue weighted by molar-refractivity contribution is 0.303. The molecule has 0 unspecified atom stereocenters. The van der Waals surface area contributed by atoms with Crippen molar-refractivity contribution in [2.24, 2.45) is 0 Å². The summed E-state index contributed by atoms with van der Waals surface area (Å²) >= 11 is 0. The Bertz CT molecular complexity index is 700. The average molecular weight is 288 g/mol. The number of aliphatic hydroxyl groups is 1. The fourth-order valence-corrected chi connectivity index (χ4v) is 1.80. The molecule has 2 aromatic carbocycles. The summed E-state index contributed by atoms with van der Waals surface area (Å²) < 4.78 is 32.2. The summed E-state index contributed by atoms with van der Waals surface area (Å²) in [6.45, 7) is 1.70. The van der Waals surface area contributed by atoms with Crippen molar-refractivity contribution in [3.8, 4) is 17.6 Å². The summed E-state index contributed by atoms with van der Waals surface area (Å²) in [7, 11) is 0. The molecular weight excluding hydrogens is 274 g/mol. The van der Waals surface area contributed by atoms with E-state index in [1.165, 1.54) is 24.3 Å². The Morgan fingerprint density at radius 2 is 1.95 bits per heavy atom. The topological polar surface area (TPSA) is 29.5 Å². The number of ether oxygens (including phenoxy) is 1. The molecule has 0 aliphatic rings. The summed E-state index contributed by atoms with van der Waals surface area (Å²) in [5, 5.41) is 8.58. The van der Waals surface area contributed by atoms with Gasteiger partial charge in [0.15, 0.2) is 0 Å². The molecule has 4 heteroatoms. The summed E-state index contributed by atoms with van der Waals surface area (Å²) in [6, 6.07) is 8.75. The van der Waals surface area contributed by atoms with E-state index in [1.54, 1.807) is 19.1 Å². The van der Waals surface area contributed by atoms with Gasteiger partial charge in [-0.2, -0.15) is 0 Å². The van der Waals surface area contributed by atoms with Crippen LogP contribution < -0.4 is 4.74 Å². The fourth-order valence-electron chi connectivity index (χ4n) is 1.80. The zero-order valence-electron chi connectivity index (χ0n) is 11.5. The standard InChI is InChI=1S/C17H14F2O2/c1-12-9-15(18)6-4-14(12)11-21-16-7-5-13(3-2-8-20)17(19)10-16/h4-7,9-10,20H,8,11H2,1H3. The molecule has 2 rings (SSSR count). The van der Waals surface area contributed by atoms with Crippen LogP contribution in [0.5, 0.6) is 5.75 Å². The minimum Gasteiger partial charge on any atom is -0.489 e. The lowest BCUT2D eigenvalue weighted by Gasteiger charge is -2.09. The Hall–Kier alpha value is -2.38.